The molecule has 0 aliphatic carbocycles. The molecule has 1 aromatic heterocycles. The molecule has 0 bridgehead atoms. The van der Waals surface area contributed by atoms with E-state index in [2.05, 4.69) is 28.4 Å². The SMILES string of the molecule is CCOC(=O)c1ccc(NC2=Nc3ccccc3N3C2=Nc2c(c(C)nn2-c2ccccc2)[C@@H]3c2ccc(Cl)cc2)cc1. The molecule has 43 heavy (non-hydrogen) atoms. The molecule has 2 aliphatic heterocycles. The molecule has 0 fully saturated rings. The van der Waals surface area contributed by atoms with E-state index < -0.39 is 0 Å². The number of carbonyl (C=O) groups is 1. The van der Waals surface area contributed by atoms with Crippen LogP contribution in [-0.4, -0.2) is 34.0 Å². The molecular weight excluding hydrogens is 560 g/mol. The van der Waals surface area contributed by atoms with Crippen molar-refractivity contribution < 1.29 is 9.53 Å². The van der Waals surface area contributed by atoms with Gasteiger partial charge in [-0.3, -0.25) is 0 Å². The Bertz CT molecular complexity index is 1900. The Morgan fingerprint density at radius 1 is 0.907 bits per heavy atom. The van der Waals surface area contributed by atoms with Gasteiger partial charge in [0.1, 0.15) is 0 Å². The fourth-order valence-corrected chi connectivity index (χ4v) is 5.67. The van der Waals surface area contributed by atoms with Crippen molar-refractivity contribution >= 4 is 52.1 Å². The molecule has 0 saturated carbocycles. The van der Waals surface area contributed by atoms with E-state index in [1.54, 1.807) is 19.1 Å². The largest absolute Gasteiger partial charge is 0.462 e. The number of carbonyl (C=O) groups excluding carboxylic acids is 1. The van der Waals surface area contributed by atoms with Gasteiger partial charge in [-0.1, -0.05) is 54.1 Å². The van der Waals surface area contributed by atoms with Crippen molar-refractivity contribution in [3.05, 3.63) is 131 Å². The fourth-order valence-electron chi connectivity index (χ4n) is 5.55. The summed E-state index contributed by atoms with van der Waals surface area (Å²) in [5.41, 5.74) is 6.82. The molecule has 8 nitrogen and oxygen atoms in total. The highest BCUT2D eigenvalue weighted by Gasteiger charge is 2.41. The van der Waals surface area contributed by atoms with E-state index in [4.69, 9.17) is 31.4 Å². The second-order valence-corrected chi connectivity index (χ2v) is 10.6. The molecule has 1 atom stereocenters. The van der Waals surface area contributed by atoms with Gasteiger partial charge in [-0.2, -0.15) is 5.10 Å². The van der Waals surface area contributed by atoms with E-state index in [0.29, 0.717) is 28.9 Å². The van der Waals surface area contributed by atoms with Crippen molar-refractivity contribution in [1.82, 2.24) is 9.78 Å². The lowest BCUT2D eigenvalue weighted by atomic mass is 9.93. The minimum Gasteiger partial charge on any atom is -0.462 e. The van der Waals surface area contributed by atoms with Crippen LogP contribution in [-0.2, 0) is 4.74 Å². The average molecular weight is 587 g/mol. The van der Waals surface area contributed by atoms with Gasteiger partial charge in [0.25, 0.3) is 0 Å². The van der Waals surface area contributed by atoms with E-state index in [1.165, 1.54) is 0 Å². The Morgan fingerprint density at radius 2 is 1.63 bits per heavy atom. The summed E-state index contributed by atoms with van der Waals surface area (Å²) in [5.74, 6) is 1.61. The van der Waals surface area contributed by atoms with E-state index in [-0.39, 0.29) is 12.0 Å². The number of fused-ring (bicyclic) bond motifs is 4. The molecule has 3 heterocycles. The second kappa shape index (κ2) is 10.9. The topological polar surface area (TPSA) is 84.1 Å². The zero-order valence-corrected chi connectivity index (χ0v) is 24.3. The Morgan fingerprint density at radius 3 is 2.37 bits per heavy atom. The Labute approximate surface area is 253 Å². The number of benzene rings is 4. The molecule has 0 amide bonds. The van der Waals surface area contributed by atoms with Crippen molar-refractivity contribution in [3.8, 4) is 5.69 Å². The van der Waals surface area contributed by atoms with Crippen molar-refractivity contribution in [3.63, 3.8) is 0 Å². The van der Waals surface area contributed by atoms with Gasteiger partial charge in [-0.25, -0.2) is 19.5 Å². The number of aromatic nitrogens is 2. The smallest absolute Gasteiger partial charge is 0.338 e. The van der Waals surface area contributed by atoms with Crippen LogP contribution in [0.5, 0.6) is 0 Å². The first-order valence-electron chi connectivity index (χ1n) is 14.0. The summed E-state index contributed by atoms with van der Waals surface area (Å²) in [6.07, 6.45) is 0. The molecule has 5 aromatic rings. The molecule has 7 rings (SSSR count). The summed E-state index contributed by atoms with van der Waals surface area (Å²) < 4.78 is 7.04. The van der Waals surface area contributed by atoms with Crippen LogP contribution in [0.25, 0.3) is 5.69 Å². The van der Waals surface area contributed by atoms with Crippen LogP contribution < -0.4 is 10.2 Å². The van der Waals surface area contributed by atoms with Gasteiger partial charge in [0.05, 0.1) is 41.0 Å². The summed E-state index contributed by atoms with van der Waals surface area (Å²) in [6, 6.07) is 32.8. The molecule has 2 aliphatic rings. The molecular formula is C34H27ClN6O2. The average Bonchev–Trinajstić information content (AvgIpc) is 3.37. The highest BCUT2D eigenvalue weighted by molar-refractivity contribution is 6.51. The quantitative estimate of drug-likeness (QED) is 0.212. The number of esters is 1. The van der Waals surface area contributed by atoms with Crippen molar-refractivity contribution in [2.24, 2.45) is 9.98 Å². The third-order valence-corrected chi connectivity index (χ3v) is 7.74. The van der Waals surface area contributed by atoms with Crippen LogP contribution in [0.2, 0.25) is 5.02 Å². The number of amidine groups is 2. The zero-order chi connectivity index (χ0) is 29.5. The Kier molecular flexibility index (Phi) is 6.75. The second-order valence-electron chi connectivity index (χ2n) is 10.2. The number of anilines is 2. The van der Waals surface area contributed by atoms with Crippen LogP contribution in [0.15, 0.2) is 113 Å². The monoisotopic (exact) mass is 586 g/mol. The number of ether oxygens (including phenoxy) is 1. The maximum absolute atomic E-state index is 12.2. The van der Waals surface area contributed by atoms with Crippen LogP contribution in [0.3, 0.4) is 0 Å². The minimum absolute atomic E-state index is 0.253. The van der Waals surface area contributed by atoms with E-state index >= 15 is 0 Å². The van der Waals surface area contributed by atoms with Gasteiger partial charge >= 0.3 is 5.97 Å². The van der Waals surface area contributed by atoms with Crippen LogP contribution >= 0.6 is 11.6 Å². The molecule has 4 aromatic carbocycles. The number of hydrogen-bond acceptors (Lipinski definition) is 7. The minimum atomic E-state index is -0.358. The van der Waals surface area contributed by atoms with E-state index in [1.807, 2.05) is 84.4 Å². The summed E-state index contributed by atoms with van der Waals surface area (Å²) >= 11 is 6.33. The number of aryl methyl sites for hydroxylation is 1. The van der Waals surface area contributed by atoms with Crippen molar-refractivity contribution in [2.75, 3.05) is 16.8 Å². The Balaban J connectivity index is 1.41. The van der Waals surface area contributed by atoms with Gasteiger partial charge in [0.2, 0.25) is 0 Å². The molecule has 0 unspecified atom stereocenters. The number of nitrogens with one attached hydrogen (secondary N) is 1. The number of halogens is 1. The van der Waals surface area contributed by atoms with Gasteiger partial charge in [0, 0.05) is 16.3 Å². The lowest BCUT2D eigenvalue weighted by Gasteiger charge is -2.40. The molecule has 0 radical (unpaired) electrons. The molecule has 9 heteroatoms. The van der Waals surface area contributed by atoms with Gasteiger partial charge in [-0.05, 0) is 80.1 Å². The normalized spacial score (nSPS) is 15.0. The number of para-hydroxylation sites is 3. The fraction of sp³-hybridized carbons (Fsp3) is 0.118. The highest BCUT2D eigenvalue weighted by Crippen LogP contribution is 2.48. The number of aliphatic imine (C=N–C) groups is 2. The summed E-state index contributed by atoms with van der Waals surface area (Å²) in [4.78, 5) is 24.7. The number of hydrogen-bond donors (Lipinski definition) is 1. The first-order chi connectivity index (χ1) is 21.0. The Hall–Kier alpha value is -5.21. The molecule has 1 N–H and O–H groups in total. The molecule has 0 saturated heterocycles. The highest BCUT2D eigenvalue weighted by atomic mass is 35.5. The third kappa shape index (κ3) is 4.75. The zero-order valence-electron chi connectivity index (χ0n) is 23.5. The van der Waals surface area contributed by atoms with E-state index in [0.717, 1.165) is 45.4 Å². The summed E-state index contributed by atoms with van der Waals surface area (Å²) in [7, 11) is 0. The number of rotatable bonds is 5. The standard InChI is InChI=1S/C34H27ClN6O2/c1-3-43-34(42)23-15-19-25(20-16-23)36-31-33-38-32-29(21(2)39-41(32)26-9-5-4-6-10-26)30(22-13-17-24(35)18-14-22)40(33)28-12-8-7-11-27(28)37-31/h4-20,30H,3H2,1-2H3,(H,36,37)/t30-/m0/s1. The third-order valence-electron chi connectivity index (χ3n) is 7.48. The van der Waals surface area contributed by atoms with Crippen LogP contribution in [0.1, 0.15) is 40.1 Å². The van der Waals surface area contributed by atoms with Gasteiger partial charge in [0.15, 0.2) is 17.5 Å². The first-order valence-corrected chi connectivity index (χ1v) is 14.4. The van der Waals surface area contributed by atoms with Gasteiger partial charge in [-0.15, -0.1) is 0 Å². The summed E-state index contributed by atoms with van der Waals surface area (Å²) in [6.45, 7) is 4.13. The lowest BCUT2D eigenvalue weighted by Crippen LogP contribution is -2.46. The first kappa shape index (κ1) is 26.7. The molecule has 212 valence electrons. The lowest BCUT2D eigenvalue weighted by molar-refractivity contribution is 0.0526. The van der Waals surface area contributed by atoms with Crippen molar-refractivity contribution in [2.45, 2.75) is 19.9 Å². The van der Waals surface area contributed by atoms with Gasteiger partial charge < -0.3 is 15.0 Å². The predicted molar refractivity (Wildman–Crippen MR) is 171 cm³/mol. The maximum Gasteiger partial charge on any atom is 0.338 e. The molecule has 0 spiro atoms. The van der Waals surface area contributed by atoms with E-state index in [9.17, 15) is 4.79 Å². The summed E-state index contributed by atoms with van der Waals surface area (Å²) in [5, 5.41) is 9.11. The maximum atomic E-state index is 12.2. The van der Waals surface area contributed by atoms with Crippen LogP contribution in [0, 0.1) is 6.92 Å². The number of nitrogens with zero attached hydrogens (tertiary/aromatic N) is 5. The van der Waals surface area contributed by atoms with Crippen molar-refractivity contribution in [1.29, 1.82) is 0 Å². The van der Waals surface area contributed by atoms with Crippen LogP contribution in [0.4, 0.5) is 22.9 Å². The predicted octanol–water partition coefficient (Wildman–Crippen LogP) is 7.81.